The van der Waals surface area contributed by atoms with Crippen LogP contribution in [0.1, 0.15) is 19.8 Å². The van der Waals surface area contributed by atoms with Crippen LogP contribution in [-0.4, -0.2) is 26.0 Å². The van der Waals surface area contributed by atoms with E-state index in [0.717, 1.165) is 6.54 Å². The monoisotopic (exact) mass is 439 g/mol. The Hall–Kier alpha value is 1.84. The van der Waals surface area contributed by atoms with Crippen LogP contribution in [0.3, 0.4) is 0 Å². The van der Waals surface area contributed by atoms with Crippen LogP contribution < -0.4 is 5.73 Å². The summed E-state index contributed by atoms with van der Waals surface area (Å²) in [6.07, 6.45) is 2.39. The second kappa shape index (κ2) is 15.9. The van der Waals surface area contributed by atoms with Gasteiger partial charge in [-0.15, -0.1) is 0 Å². The number of hydrogen-bond acceptors (Lipinski definition) is 1. The molecule has 4 heteroatoms. The molecule has 0 aliphatic rings. The van der Waals surface area contributed by atoms with Gasteiger partial charge in [0.2, 0.25) is 0 Å². The first-order chi connectivity index (χ1) is 3.83. The first kappa shape index (κ1) is 12.5. The molecule has 0 amide bonds. The maximum atomic E-state index is 5.14. The average Bonchev–Trinajstić information content (AvgIpc) is 1.71. The Kier molecular flexibility index (Phi) is 24.9. The van der Waals surface area contributed by atoms with E-state index in [1.165, 1.54) is 12.8 Å². The van der Waals surface area contributed by atoms with Gasteiger partial charge in [0.25, 0.3) is 0 Å². The van der Waals surface area contributed by atoms with Gasteiger partial charge in [-0.05, 0) is 13.0 Å². The van der Waals surface area contributed by atoms with E-state index in [-0.39, 0.29) is 19.4 Å². The van der Waals surface area contributed by atoms with Crippen LogP contribution in [0, 0.1) is 0 Å². The van der Waals surface area contributed by atoms with Gasteiger partial charge in [0.1, 0.15) is 0 Å². The Morgan fingerprint density at radius 2 is 1.88 bits per heavy atom. The van der Waals surface area contributed by atoms with E-state index in [1.54, 1.807) is 0 Å². The summed E-state index contributed by atoms with van der Waals surface area (Å²) >= 11 is 6.22. The summed E-state index contributed by atoms with van der Waals surface area (Å²) in [5.74, 6) is 0. The molecule has 0 aliphatic carbocycles. The molecule has 0 aromatic carbocycles. The van der Waals surface area contributed by atoms with Crippen molar-refractivity contribution < 1.29 is 0 Å². The van der Waals surface area contributed by atoms with Crippen molar-refractivity contribution in [2.75, 3.05) is 6.54 Å². The SMILES string of the molecule is CCCCN.[Br][Pb][Br]. The first-order valence-corrected chi connectivity index (χ1v) is 19.3. The molecule has 0 aromatic rings. The van der Waals surface area contributed by atoms with E-state index >= 15 is 0 Å². The third-order valence-corrected chi connectivity index (χ3v) is 0.558. The van der Waals surface area contributed by atoms with Crippen LogP contribution in [0.4, 0.5) is 0 Å². The number of unbranched alkanes of at least 4 members (excludes halogenated alkanes) is 1. The van der Waals surface area contributed by atoms with E-state index in [1.807, 2.05) is 0 Å². The summed E-state index contributed by atoms with van der Waals surface area (Å²) in [5.41, 5.74) is 5.14. The van der Waals surface area contributed by atoms with Crippen molar-refractivity contribution in [2.45, 2.75) is 19.8 Å². The molecular formula is C4H11Br2NPb. The van der Waals surface area contributed by atoms with Crippen molar-refractivity contribution in [3.05, 3.63) is 0 Å². The molecule has 0 saturated heterocycles. The minimum atomic E-state index is -0.292. The summed E-state index contributed by atoms with van der Waals surface area (Å²) in [4.78, 5) is 0. The van der Waals surface area contributed by atoms with E-state index in [4.69, 9.17) is 5.73 Å². The van der Waals surface area contributed by atoms with Gasteiger partial charge >= 0.3 is 43.4 Å². The Morgan fingerprint density at radius 3 is 1.88 bits per heavy atom. The zero-order chi connectivity index (χ0) is 6.83. The summed E-state index contributed by atoms with van der Waals surface area (Å²) in [7, 11) is 0. The van der Waals surface area contributed by atoms with Crippen molar-refractivity contribution in [3.63, 3.8) is 0 Å². The van der Waals surface area contributed by atoms with Gasteiger partial charge in [-0.3, -0.25) is 0 Å². The Bertz CT molecular complexity index is 28.0. The molecule has 2 N–H and O–H groups in total. The van der Waals surface area contributed by atoms with Gasteiger partial charge in [0, 0.05) is 0 Å². The van der Waals surface area contributed by atoms with Crippen molar-refractivity contribution in [1.82, 2.24) is 0 Å². The van der Waals surface area contributed by atoms with Gasteiger partial charge in [-0.2, -0.15) is 0 Å². The molecule has 2 radical (unpaired) electrons. The Balaban J connectivity index is 0. The van der Waals surface area contributed by atoms with E-state index in [2.05, 4.69) is 30.9 Å². The Morgan fingerprint density at radius 1 is 1.50 bits per heavy atom. The van der Waals surface area contributed by atoms with Gasteiger partial charge in [0.05, 0.1) is 0 Å². The number of hydrogen-bond donors (Lipinski definition) is 1. The molecule has 0 spiro atoms. The van der Waals surface area contributed by atoms with E-state index in [9.17, 15) is 0 Å². The number of nitrogens with two attached hydrogens (primary N) is 1. The standard InChI is InChI=1S/C4H11N.2BrH.Pb/c1-2-3-4-5;;;/h2-5H2,1H3;2*1H;/q;;;+2/p-2. The van der Waals surface area contributed by atoms with Crippen LogP contribution in [0.2, 0.25) is 0 Å². The van der Waals surface area contributed by atoms with Crippen LogP contribution in [0.15, 0.2) is 0 Å². The van der Waals surface area contributed by atoms with Crippen molar-refractivity contribution in [1.29, 1.82) is 0 Å². The zero-order valence-electron chi connectivity index (χ0n) is 4.95. The summed E-state index contributed by atoms with van der Waals surface area (Å²) in [6.45, 7) is 2.98. The molecule has 0 aromatic heterocycles. The molecule has 8 heavy (non-hydrogen) atoms. The predicted octanol–water partition coefficient (Wildman–Crippen LogP) is 2.06. The van der Waals surface area contributed by atoms with Crippen molar-refractivity contribution >= 4 is 43.4 Å². The molecule has 1 nitrogen and oxygen atoms in total. The Labute approximate surface area is 74.6 Å². The normalized spacial score (nSPS) is 7.50. The van der Waals surface area contributed by atoms with E-state index < -0.39 is 0 Å². The van der Waals surface area contributed by atoms with Gasteiger partial charge in [0.15, 0.2) is 0 Å². The fourth-order valence-corrected chi connectivity index (χ4v) is 0.204. The summed E-state index contributed by atoms with van der Waals surface area (Å²) < 4.78 is 0. The molecule has 0 aliphatic heterocycles. The molecule has 0 bridgehead atoms. The van der Waals surface area contributed by atoms with Gasteiger partial charge < -0.3 is 5.73 Å². The third kappa shape index (κ3) is 24.9. The first-order valence-electron chi connectivity index (χ1n) is 2.49. The van der Waals surface area contributed by atoms with Crippen LogP contribution in [0.5, 0.6) is 0 Å². The summed E-state index contributed by atoms with van der Waals surface area (Å²) in [6, 6.07) is 0. The van der Waals surface area contributed by atoms with Crippen LogP contribution >= 0.6 is 24.0 Å². The predicted molar refractivity (Wildman–Crippen MR) is 47.6 cm³/mol. The molecule has 0 atom stereocenters. The zero-order valence-corrected chi connectivity index (χ0v) is 12.0. The molecule has 0 heterocycles. The quantitative estimate of drug-likeness (QED) is 0.655. The average molecular weight is 440 g/mol. The molecule has 0 fully saturated rings. The molecule has 50 valence electrons. The number of halogens is 2. The molecule has 0 rings (SSSR count). The number of rotatable bonds is 2. The van der Waals surface area contributed by atoms with Gasteiger partial charge in [-0.1, -0.05) is 13.3 Å². The second-order valence-corrected chi connectivity index (χ2v) is 18.1. The molecule has 0 unspecified atom stereocenters. The summed E-state index contributed by atoms with van der Waals surface area (Å²) in [5, 5.41) is 0. The third-order valence-electron chi connectivity index (χ3n) is 0.558. The second-order valence-electron chi connectivity index (χ2n) is 1.21. The van der Waals surface area contributed by atoms with E-state index in [0.29, 0.717) is 0 Å². The molecular weight excluding hydrogens is 429 g/mol. The van der Waals surface area contributed by atoms with Crippen LogP contribution in [0.25, 0.3) is 0 Å². The fourth-order valence-electron chi connectivity index (χ4n) is 0.204. The fraction of sp³-hybridized carbons (Fsp3) is 1.00. The molecule has 0 saturated carbocycles. The van der Waals surface area contributed by atoms with Crippen LogP contribution in [-0.2, 0) is 0 Å². The topological polar surface area (TPSA) is 26.0 Å². The van der Waals surface area contributed by atoms with Crippen molar-refractivity contribution in [2.24, 2.45) is 5.73 Å². The maximum absolute atomic E-state index is 5.14. The minimum absolute atomic E-state index is 0.292. The van der Waals surface area contributed by atoms with Gasteiger partial charge in [-0.25, -0.2) is 0 Å². The van der Waals surface area contributed by atoms with Crippen molar-refractivity contribution in [3.8, 4) is 0 Å².